The van der Waals surface area contributed by atoms with Gasteiger partial charge in [0.2, 0.25) is 5.91 Å². The summed E-state index contributed by atoms with van der Waals surface area (Å²) in [6.45, 7) is 8.34. The lowest BCUT2D eigenvalue weighted by atomic mass is 10.1. The van der Waals surface area contributed by atoms with Crippen LogP contribution < -0.4 is 14.8 Å². The maximum atomic E-state index is 12.4. The van der Waals surface area contributed by atoms with E-state index in [2.05, 4.69) is 17.3 Å². The van der Waals surface area contributed by atoms with Crippen LogP contribution in [-0.2, 0) is 11.3 Å². The summed E-state index contributed by atoms with van der Waals surface area (Å²) in [6.07, 6.45) is 0.331. The van der Waals surface area contributed by atoms with E-state index in [1.54, 1.807) is 18.2 Å². The molecular formula is C21H27N3O4. The molecular weight excluding hydrogens is 358 g/mol. The van der Waals surface area contributed by atoms with Crippen LogP contribution in [0.5, 0.6) is 11.5 Å². The smallest absolute Gasteiger partial charge is 0.220 e. The first-order valence-corrected chi connectivity index (χ1v) is 9.63. The predicted octanol–water partition coefficient (Wildman–Crippen LogP) is 2.69. The highest BCUT2D eigenvalue weighted by atomic mass is 16.6. The molecule has 1 aromatic carbocycles. The summed E-state index contributed by atoms with van der Waals surface area (Å²) in [4.78, 5) is 24.5. The summed E-state index contributed by atoms with van der Waals surface area (Å²) >= 11 is 0. The number of aromatic nitrogens is 2. The summed E-state index contributed by atoms with van der Waals surface area (Å²) in [5, 5.41) is 7.35. The Hall–Kier alpha value is -2.83. The van der Waals surface area contributed by atoms with Crippen molar-refractivity contribution in [3.8, 4) is 11.5 Å². The third kappa shape index (κ3) is 5.12. The Morgan fingerprint density at radius 2 is 1.89 bits per heavy atom. The Morgan fingerprint density at radius 3 is 2.61 bits per heavy atom. The summed E-state index contributed by atoms with van der Waals surface area (Å²) in [6, 6.07) is 7.17. The van der Waals surface area contributed by atoms with Gasteiger partial charge in [-0.3, -0.25) is 14.3 Å². The third-order valence-corrected chi connectivity index (χ3v) is 4.68. The number of benzene rings is 1. The van der Waals surface area contributed by atoms with Crippen molar-refractivity contribution in [3.05, 3.63) is 41.2 Å². The van der Waals surface area contributed by atoms with Gasteiger partial charge in [-0.25, -0.2) is 0 Å². The standard InChI is InChI=1S/C21H27N3O4/c1-14(13-24-16(3)10-15(2)23-24)12-22-21(26)7-5-18(25)17-4-6-19-20(11-17)28-9-8-27-19/h4,6,10-11,14H,5,7-9,12-13H2,1-3H3,(H,22,26). The first-order valence-electron chi connectivity index (χ1n) is 9.63. The second-order valence-electron chi connectivity index (χ2n) is 7.30. The van der Waals surface area contributed by atoms with E-state index in [1.165, 1.54) is 0 Å². The molecule has 1 N–H and O–H groups in total. The number of Topliss-reactive ketones (excluding diaryl/α,β-unsaturated/α-hetero) is 1. The van der Waals surface area contributed by atoms with Crippen LogP contribution in [0.2, 0.25) is 0 Å². The lowest BCUT2D eigenvalue weighted by molar-refractivity contribution is -0.121. The fourth-order valence-electron chi connectivity index (χ4n) is 3.18. The van der Waals surface area contributed by atoms with E-state index in [9.17, 15) is 9.59 Å². The molecule has 0 fully saturated rings. The number of hydrogen-bond donors (Lipinski definition) is 1. The van der Waals surface area contributed by atoms with Gasteiger partial charge in [-0.2, -0.15) is 5.10 Å². The molecule has 0 bridgehead atoms. The van der Waals surface area contributed by atoms with Crippen molar-refractivity contribution in [3.63, 3.8) is 0 Å². The van der Waals surface area contributed by atoms with Gasteiger partial charge in [0.05, 0.1) is 5.69 Å². The highest BCUT2D eigenvalue weighted by Gasteiger charge is 2.16. The van der Waals surface area contributed by atoms with Gasteiger partial charge >= 0.3 is 0 Å². The molecule has 1 atom stereocenters. The average molecular weight is 385 g/mol. The molecule has 150 valence electrons. The van der Waals surface area contributed by atoms with Crippen molar-refractivity contribution in [2.24, 2.45) is 5.92 Å². The Labute approximate surface area is 165 Å². The zero-order valence-corrected chi connectivity index (χ0v) is 16.7. The summed E-state index contributed by atoms with van der Waals surface area (Å²) < 4.78 is 12.9. The van der Waals surface area contributed by atoms with E-state index in [0.717, 1.165) is 17.9 Å². The number of rotatable bonds is 8. The minimum atomic E-state index is -0.119. The normalized spacial score (nSPS) is 13.8. The molecule has 0 radical (unpaired) electrons. The number of nitrogens with one attached hydrogen (secondary N) is 1. The lowest BCUT2D eigenvalue weighted by Crippen LogP contribution is -2.30. The molecule has 0 spiro atoms. The van der Waals surface area contributed by atoms with Gasteiger partial charge in [0.1, 0.15) is 13.2 Å². The number of hydrogen-bond acceptors (Lipinski definition) is 5. The fraction of sp³-hybridized carbons (Fsp3) is 0.476. The number of carbonyl (C=O) groups excluding carboxylic acids is 2. The molecule has 1 aromatic heterocycles. The van der Waals surface area contributed by atoms with Gasteiger partial charge < -0.3 is 14.8 Å². The van der Waals surface area contributed by atoms with Crippen LogP contribution >= 0.6 is 0 Å². The van der Waals surface area contributed by atoms with E-state index < -0.39 is 0 Å². The van der Waals surface area contributed by atoms with Crippen LogP contribution in [0, 0.1) is 19.8 Å². The maximum absolute atomic E-state index is 12.4. The number of ketones is 1. The molecule has 1 aliphatic heterocycles. The van der Waals surface area contributed by atoms with Crippen molar-refractivity contribution < 1.29 is 19.1 Å². The number of carbonyl (C=O) groups is 2. The molecule has 7 nitrogen and oxygen atoms in total. The van der Waals surface area contributed by atoms with Crippen LogP contribution in [0.1, 0.15) is 41.5 Å². The first-order chi connectivity index (χ1) is 13.4. The maximum Gasteiger partial charge on any atom is 0.220 e. The Balaban J connectivity index is 1.42. The molecule has 1 aliphatic rings. The minimum Gasteiger partial charge on any atom is -0.486 e. The molecule has 0 aliphatic carbocycles. The summed E-state index contributed by atoms with van der Waals surface area (Å²) in [5.74, 6) is 1.28. The van der Waals surface area contributed by atoms with Crippen molar-refractivity contribution >= 4 is 11.7 Å². The second-order valence-corrected chi connectivity index (χ2v) is 7.30. The van der Waals surface area contributed by atoms with Gasteiger partial charge in [0.15, 0.2) is 17.3 Å². The first kappa shape index (κ1) is 19.9. The van der Waals surface area contributed by atoms with Crippen molar-refractivity contribution in [2.45, 2.75) is 40.2 Å². The van der Waals surface area contributed by atoms with Crippen molar-refractivity contribution in [1.82, 2.24) is 15.1 Å². The predicted molar refractivity (Wildman–Crippen MR) is 105 cm³/mol. The Kier molecular flexibility index (Phi) is 6.34. The average Bonchev–Trinajstić information content (AvgIpc) is 3.00. The molecule has 0 saturated heterocycles. The third-order valence-electron chi connectivity index (χ3n) is 4.68. The summed E-state index contributed by atoms with van der Waals surface area (Å²) in [7, 11) is 0. The van der Waals surface area contributed by atoms with E-state index in [1.807, 2.05) is 24.6 Å². The number of amides is 1. The number of nitrogens with zero attached hydrogens (tertiary/aromatic N) is 2. The number of ether oxygens (including phenoxy) is 2. The van der Waals surface area contributed by atoms with Gasteiger partial charge in [0.25, 0.3) is 0 Å². The van der Waals surface area contributed by atoms with E-state index in [4.69, 9.17) is 9.47 Å². The van der Waals surface area contributed by atoms with Crippen LogP contribution in [0.4, 0.5) is 0 Å². The lowest BCUT2D eigenvalue weighted by Gasteiger charge is -2.18. The van der Waals surface area contributed by atoms with Crippen LogP contribution in [0.3, 0.4) is 0 Å². The highest BCUT2D eigenvalue weighted by molar-refractivity contribution is 5.98. The van der Waals surface area contributed by atoms with E-state index >= 15 is 0 Å². The Morgan fingerprint density at radius 1 is 1.14 bits per heavy atom. The van der Waals surface area contributed by atoms with E-state index in [0.29, 0.717) is 36.8 Å². The monoisotopic (exact) mass is 385 g/mol. The van der Waals surface area contributed by atoms with Gasteiger partial charge in [-0.05, 0) is 44.0 Å². The van der Waals surface area contributed by atoms with Gasteiger partial charge in [-0.1, -0.05) is 6.92 Å². The molecule has 1 unspecified atom stereocenters. The molecule has 28 heavy (non-hydrogen) atoms. The largest absolute Gasteiger partial charge is 0.486 e. The zero-order valence-electron chi connectivity index (χ0n) is 16.7. The molecule has 2 heterocycles. The van der Waals surface area contributed by atoms with E-state index in [-0.39, 0.29) is 30.4 Å². The van der Waals surface area contributed by atoms with Crippen LogP contribution in [0.15, 0.2) is 24.3 Å². The van der Waals surface area contributed by atoms with Gasteiger partial charge in [-0.15, -0.1) is 0 Å². The van der Waals surface area contributed by atoms with Crippen LogP contribution in [0.25, 0.3) is 0 Å². The number of fused-ring (bicyclic) bond motifs is 1. The minimum absolute atomic E-state index is 0.0807. The summed E-state index contributed by atoms with van der Waals surface area (Å²) in [5.41, 5.74) is 2.64. The highest BCUT2D eigenvalue weighted by Crippen LogP contribution is 2.31. The molecule has 3 rings (SSSR count). The topological polar surface area (TPSA) is 82.5 Å². The van der Waals surface area contributed by atoms with Crippen molar-refractivity contribution in [1.29, 1.82) is 0 Å². The SMILES string of the molecule is Cc1cc(C)n(CC(C)CNC(=O)CCC(=O)c2ccc3c(c2)OCCO3)n1. The van der Waals surface area contributed by atoms with Crippen molar-refractivity contribution in [2.75, 3.05) is 19.8 Å². The zero-order chi connectivity index (χ0) is 20.1. The second kappa shape index (κ2) is 8.91. The molecule has 2 aromatic rings. The van der Waals surface area contributed by atoms with Crippen LogP contribution in [-0.4, -0.2) is 41.2 Å². The quantitative estimate of drug-likeness (QED) is 0.707. The molecule has 0 saturated carbocycles. The van der Waals surface area contributed by atoms with Gasteiger partial charge in [0, 0.05) is 37.2 Å². The number of aryl methyl sites for hydroxylation is 2. The Bertz CT molecular complexity index is 859. The molecule has 1 amide bonds. The fourth-order valence-corrected chi connectivity index (χ4v) is 3.18. The molecule has 7 heteroatoms.